The van der Waals surface area contributed by atoms with Gasteiger partial charge in [-0.3, -0.25) is 15.0 Å². The van der Waals surface area contributed by atoms with E-state index in [1.807, 2.05) is 30.4 Å². The maximum absolute atomic E-state index is 11.3. The Bertz CT molecular complexity index is 918. The van der Waals surface area contributed by atoms with Crippen LogP contribution >= 0.6 is 0 Å². The predicted molar refractivity (Wildman–Crippen MR) is 96.0 cm³/mol. The first kappa shape index (κ1) is 16.4. The third kappa shape index (κ3) is 4.10. The first-order valence-electron chi connectivity index (χ1n) is 7.64. The molecular formula is C20H16N2O3. The number of nitrogens with zero attached hydrogens (tertiary/aromatic N) is 1. The van der Waals surface area contributed by atoms with Crippen LogP contribution in [0.25, 0.3) is 23.4 Å². The average molecular weight is 332 g/mol. The van der Waals surface area contributed by atoms with Gasteiger partial charge in [0, 0.05) is 17.3 Å². The molecule has 1 heterocycles. The van der Waals surface area contributed by atoms with Gasteiger partial charge in [-0.05, 0) is 47.5 Å². The number of amides is 1. The zero-order chi connectivity index (χ0) is 17.6. The number of aromatic hydroxyl groups is 1. The Kier molecular flexibility index (Phi) is 4.87. The molecule has 3 aromatic rings. The lowest BCUT2D eigenvalue weighted by Crippen LogP contribution is -2.18. The lowest BCUT2D eigenvalue weighted by molar-refractivity contribution is 0.0706. The number of carbonyl (C=O) groups is 1. The molecule has 1 aromatic heterocycles. The number of benzene rings is 2. The van der Waals surface area contributed by atoms with Gasteiger partial charge in [-0.2, -0.15) is 0 Å². The molecule has 3 N–H and O–H groups in total. The van der Waals surface area contributed by atoms with E-state index in [4.69, 9.17) is 5.21 Å². The van der Waals surface area contributed by atoms with Crippen molar-refractivity contribution in [3.8, 4) is 17.0 Å². The van der Waals surface area contributed by atoms with Crippen molar-refractivity contribution in [2.24, 2.45) is 0 Å². The van der Waals surface area contributed by atoms with Crippen LogP contribution in [-0.4, -0.2) is 21.2 Å². The minimum absolute atomic E-state index is 0.201. The second-order valence-corrected chi connectivity index (χ2v) is 5.42. The summed E-state index contributed by atoms with van der Waals surface area (Å²) >= 11 is 0. The molecule has 3 rings (SSSR count). The molecule has 0 saturated carbocycles. The second-order valence-electron chi connectivity index (χ2n) is 5.42. The molecule has 5 heteroatoms. The summed E-state index contributed by atoms with van der Waals surface area (Å²) in [5.41, 5.74) is 5.49. The number of phenols is 1. The van der Waals surface area contributed by atoms with Gasteiger partial charge in [0.2, 0.25) is 0 Å². The summed E-state index contributed by atoms with van der Waals surface area (Å²) in [6.45, 7) is 0. The van der Waals surface area contributed by atoms with Crippen LogP contribution < -0.4 is 5.48 Å². The largest absolute Gasteiger partial charge is 0.508 e. The Morgan fingerprint density at radius 3 is 2.44 bits per heavy atom. The molecule has 2 aromatic carbocycles. The number of pyridine rings is 1. The smallest absolute Gasteiger partial charge is 0.274 e. The molecule has 0 atom stereocenters. The molecule has 124 valence electrons. The molecule has 5 nitrogen and oxygen atoms in total. The lowest BCUT2D eigenvalue weighted by atomic mass is 10.1. The van der Waals surface area contributed by atoms with Gasteiger partial charge in [-0.1, -0.05) is 36.4 Å². The summed E-state index contributed by atoms with van der Waals surface area (Å²) < 4.78 is 0. The predicted octanol–water partition coefficient (Wildman–Crippen LogP) is 3.74. The summed E-state index contributed by atoms with van der Waals surface area (Å²) in [6, 6.07) is 17.6. The quantitative estimate of drug-likeness (QED) is 0.502. The summed E-state index contributed by atoms with van der Waals surface area (Å²) in [5, 5.41) is 18.2. The molecular weight excluding hydrogens is 316 g/mol. The van der Waals surface area contributed by atoms with E-state index in [2.05, 4.69) is 4.98 Å². The van der Waals surface area contributed by atoms with Gasteiger partial charge < -0.3 is 5.11 Å². The number of hydrogen-bond donors (Lipinski definition) is 3. The molecule has 1 amide bonds. The summed E-state index contributed by atoms with van der Waals surface area (Å²) in [6.07, 6.45) is 5.57. The van der Waals surface area contributed by atoms with E-state index in [0.717, 1.165) is 22.4 Å². The average Bonchev–Trinajstić information content (AvgIpc) is 2.66. The fourth-order valence-electron chi connectivity index (χ4n) is 2.38. The fraction of sp³-hybridized carbons (Fsp3) is 0. The zero-order valence-corrected chi connectivity index (χ0v) is 13.3. The van der Waals surface area contributed by atoms with Crippen LogP contribution in [0.5, 0.6) is 5.75 Å². The number of phenolic OH excluding ortho intramolecular Hbond substituents is 1. The minimum Gasteiger partial charge on any atom is -0.508 e. The van der Waals surface area contributed by atoms with Gasteiger partial charge >= 0.3 is 0 Å². The highest BCUT2D eigenvalue weighted by Crippen LogP contribution is 2.22. The third-order valence-electron chi connectivity index (χ3n) is 3.67. The van der Waals surface area contributed by atoms with E-state index in [9.17, 15) is 9.90 Å². The van der Waals surface area contributed by atoms with Crippen molar-refractivity contribution >= 4 is 18.1 Å². The number of hydroxylamine groups is 1. The molecule has 0 radical (unpaired) electrons. The van der Waals surface area contributed by atoms with E-state index in [1.165, 1.54) is 0 Å². The van der Waals surface area contributed by atoms with E-state index in [0.29, 0.717) is 5.56 Å². The second kappa shape index (κ2) is 7.42. The van der Waals surface area contributed by atoms with Crippen molar-refractivity contribution in [3.05, 3.63) is 83.6 Å². The van der Waals surface area contributed by atoms with E-state index < -0.39 is 5.91 Å². The van der Waals surface area contributed by atoms with Crippen molar-refractivity contribution in [3.63, 3.8) is 0 Å². The van der Waals surface area contributed by atoms with Crippen LogP contribution in [-0.2, 0) is 0 Å². The van der Waals surface area contributed by atoms with Crippen molar-refractivity contribution in [1.29, 1.82) is 0 Å². The minimum atomic E-state index is -0.541. The molecule has 0 saturated heterocycles. The van der Waals surface area contributed by atoms with Crippen molar-refractivity contribution in [1.82, 2.24) is 10.5 Å². The Morgan fingerprint density at radius 2 is 1.72 bits per heavy atom. The van der Waals surface area contributed by atoms with Gasteiger partial charge in [0.05, 0.1) is 5.69 Å². The molecule has 0 spiro atoms. The van der Waals surface area contributed by atoms with Crippen LogP contribution in [0.4, 0.5) is 0 Å². The lowest BCUT2D eigenvalue weighted by Gasteiger charge is -2.03. The molecule has 0 fully saturated rings. The Labute approximate surface area is 144 Å². The Morgan fingerprint density at radius 1 is 0.960 bits per heavy atom. The number of rotatable bonds is 4. The van der Waals surface area contributed by atoms with Crippen LogP contribution in [0.15, 0.2) is 66.9 Å². The van der Waals surface area contributed by atoms with E-state index in [-0.39, 0.29) is 5.75 Å². The van der Waals surface area contributed by atoms with Gasteiger partial charge in [-0.25, -0.2) is 5.48 Å². The summed E-state index contributed by atoms with van der Waals surface area (Å²) in [5.74, 6) is -0.340. The Hall–Kier alpha value is -3.44. The monoisotopic (exact) mass is 332 g/mol. The maximum Gasteiger partial charge on any atom is 0.274 e. The molecule has 0 aliphatic heterocycles. The van der Waals surface area contributed by atoms with Crippen LogP contribution in [0.3, 0.4) is 0 Å². The van der Waals surface area contributed by atoms with E-state index >= 15 is 0 Å². The molecule has 0 bridgehead atoms. The molecule has 0 aliphatic rings. The highest BCUT2D eigenvalue weighted by molar-refractivity contribution is 5.93. The standard InChI is InChI=1S/C20H16N2O3/c23-18-3-1-2-17(13-18)19-12-15(10-11-21-19)5-4-14-6-8-16(9-7-14)20(24)22-25/h1-13,23,25H,(H,22,24)/b5-4+. The number of carbonyl (C=O) groups excluding carboxylic acids is 1. The zero-order valence-electron chi connectivity index (χ0n) is 13.3. The maximum atomic E-state index is 11.3. The highest BCUT2D eigenvalue weighted by atomic mass is 16.5. The molecule has 0 unspecified atom stereocenters. The topological polar surface area (TPSA) is 82.5 Å². The van der Waals surface area contributed by atoms with Crippen LogP contribution in [0.2, 0.25) is 0 Å². The van der Waals surface area contributed by atoms with Crippen LogP contribution in [0.1, 0.15) is 21.5 Å². The number of nitrogens with one attached hydrogen (secondary N) is 1. The SMILES string of the molecule is O=C(NO)c1ccc(/C=C/c2ccnc(-c3cccc(O)c3)c2)cc1. The fourth-order valence-corrected chi connectivity index (χ4v) is 2.38. The van der Waals surface area contributed by atoms with Crippen molar-refractivity contribution in [2.45, 2.75) is 0 Å². The normalized spacial score (nSPS) is 10.8. The van der Waals surface area contributed by atoms with Gasteiger partial charge in [0.15, 0.2) is 0 Å². The van der Waals surface area contributed by atoms with Gasteiger partial charge in [0.1, 0.15) is 5.75 Å². The van der Waals surface area contributed by atoms with Gasteiger partial charge in [0.25, 0.3) is 5.91 Å². The summed E-state index contributed by atoms with van der Waals surface area (Å²) in [7, 11) is 0. The van der Waals surface area contributed by atoms with Crippen LogP contribution in [0, 0.1) is 0 Å². The van der Waals surface area contributed by atoms with Crippen molar-refractivity contribution < 1.29 is 15.1 Å². The first-order chi connectivity index (χ1) is 12.2. The Balaban J connectivity index is 1.80. The van der Waals surface area contributed by atoms with Crippen molar-refractivity contribution in [2.75, 3.05) is 0 Å². The third-order valence-corrected chi connectivity index (χ3v) is 3.67. The summed E-state index contributed by atoms with van der Waals surface area (Å²) in [4.78, 5) is 15.6. The number of hydrogen-bond acceptors (Lipinski definition) is 4. The highest BCUT2D eigenvalue weighted by Gasteiger charge is 2.03. The first-order valence-corrected chi connectivity index (χ1v) is 7.64. The number of aromatic nitrogens is 1. The molecule has 25 heavy (non-hydrogen) atoms. The van der Waals surface area contributed by atoms with Gasteiger partial charge in [-0.15, -0.1) is 0 Å². The molecule has 0 aliphatic carbocycles. The van der Waals surface area contributed by atoms with E-state index in [1.54, 1.807) is 54.1 Å².